The summed E-state index contributed by atoms with van der Waals surface area (Å²) in [6.45, 7) is -0.504. The molecule has 0 aliphatic heterocycles. The van der Waals surface area contributed by atoms with Crippen molar-refractivity contribution in [1.29, 1.82) is 5.41 Å². The fourth-order valence-electron chi connectivity index (χ4n) is 3.25. The Labute approximate surface area is 197 Å². The molecule has 0 bridgehead atoms. The first-order valence-corrected chi connectivity index (χ1v) is 13.2. The zero-order chi connectivity index (χ0) is 25.1. The molecule has 0 aliphatic carbocycles. The Bertz CT molecular complexity index is 1450. The molecule has 10 nitrogen and oxygen atoms in total. The fraction of sp³-hybridized carbons (Fsp3) is 0.0909. The molecule has 3 aromatic rings. The first kappa shape index (κ1) is 24.9. The molecule has 0 saturated carbocycles. The minimum Gasteiger partial charge on any atom is -0.384 e. The normalized spacial score (nSPS) is 11.6. The Balaban J connectivity index is 1.81. The zero-order valence-electron chi connectivity index (χ0n) is 18.1. The quantitative estimate of drug-likeness (QED) is 0.270. The highest BCUT2D eigenvalue weighted by atomic mass is 32.2. The van der Waals surface area contributed by atoms with Gasteiger partial charge in [0.25, 0.3) is 0 Å². The molecule has 6 N–H and O–H groups in total. The molecule has 0 aromatic heterocycles. The Kier molecular flexibility index (Phi) is 7.05. The van der Waals surface area contributed by atoms with E-state index in [0.29, 0.717) is 22.4 Å². The molecule has 0 heterocycles. The predicted molar refractivity (Wildman–Crippen MR) is 132 cm³/mol. The van der Waals surface area contributed by atoms with Gasteiger partial charge in [0.2, 0.25) is 26.0 Å². The third-order valence-electron chi connectivity index (χ3n) is 4.81. The number of primary sulfonamides is 1. The van der Waals surface area contributed by atoms with E-state index >= 15 is 0 Å². The molecule has 0 unspecified atom stereocenters. The molecule has 0 fully saturated rings. The predicted octanol–water partition coefficient (Wildman–Crippen LogP) is 1.69. The second-order valence-corrected chi connectivity index (χ2v) is 10.8. The first-order valence-electron chi connectivity index (χ1n) is 9.80. The lowest BCUT2D eigenvalue weighted by Gasteiger charge is -2.22. The lowest BCUT2D eigenvalue weighted by molar-refractivity contribution is -0.114. The molecule has 3 aromatic carbocycles. The molecule has 3 rings (SSSR count). The van der Waals surface area contributed by atoms with Gasteiger partial charge in [-0.15, -0.1) is 0 Å². The smallest absolute Gasteiger partial charge is 0.245 e. The van der Waals surface area contributed by atoms with Crippen LogP contribution in [0.25, 0.3) is 11.1 Å². The third kappa shape index (κ3) is 5.98. The second kappa shape index (κ2) is 9.63. The Hall–Kier alpha value is -3.74. The van der Waals surface area contributed by atoms with Crippen molar-refractivity contribution in [3.05, 3.63) is 78.4 Å². The maximum absolute atomic E-state index is 12.6. The number of carbonyl (C=O) groups is 1. The van der Waals surface area contributed by atoms with Gasteiger partial charge in [-0.25, -0.2) is 22.0 Å². The van der Waals surface area contributed by atoms with Gasteiger partial charge in [0, 0.05) is 16.8 Å². The summed E-state index contributed by atoms with van der Waals surface area (Å²) in [4.78, 5) is 12.6. The van der Waals surface area contributed by atoms with Crippen molar-refractivity contribution in [2.75, 3.05) is 22.4 Å². The number of amides is 1. The molecular weight excluding hydrogens is 478 g/mol. The average Bonchev–Trinajstić information content (AvgIpc) is 2.77. The van der Waals surface area contributed by atoms with Crippen molar-refractivity contribution in [2.24, 2.45) is 10.9 Å². The van der Waals surface area contributed by atoms with Gasteiger partial charge >= 0.3 is 0 Å². The summed E-state index contributed by atoms with van der Waals surface area (Å²) in [5.74, 6) is -0.833. The number of nitrogen functional groups attached to an aromatic ring is 1. The minimum atomic E-state index is -3.93. The van der Waals surface area contributed by atoms with Crippen LogP contribution in [0.1, 0.15) is 5.56 Å². The number of nitrogens with two attached hydrogens (primary N) is 2. The zero-order valence-corrected chi connectivity index (χ0v) is 19.7. The number of rotatable bonds is 8. The molecule has 1 amide bonds. The van der Waals surface area contributed by atoms with Gasteiger partial charge in [-0.3, -0.25) is 14.5 Å². The van der Waals surface area contributed by atoms with Crippen molar-refractivity contribution in [3.8, 4) is 11.1 Å². The second-order valence-electron chi connectivity index (χ2n) is 7.40. The highest BCUT2D eigenvalue weighted by molar-refractivity contribution is 7.92. The van der Waals surface area contributed by atoms with Crippen LogP contribution in [-0.4, -0.2) is 41.4 Å². The van der Waals surface area contributed by atoms with Crippen molar-refractivity contribution < 1.29 is 21.6 Å². The number of benzene rings is 3. The summed E-state index contributed by atoms with van der Waals surface area (Å²) in [6.07, 6.45) is 0.971. The molecule has 0 aliphatic rings. The van der Waals surface area contributed by atoms with E-state index in [1.165, 1.54) is 18.2 Å². The van der Waals surface area contributed by atoms with E-state index in [2.05, 4.69) is 5.32 Å². The minimum absolute atomic E-state index is 0.0247. The van der Waals surface area contributed by atoms with Crippen LogP contribution in [0, 0.1) is 5.41 Å². The van der Waals surface area contributed by atoms with E-state index in [-0.39, 0.29) is 16.4 Å². The van der Waals surface area contributed by atoms with Gasteiger partial charge in [-0.1, -0.05) is 42.5 Å². The van der Waals surface area contributed by atoms with Crippen LogP contribution in [0.15, 0.2) is 77.7 Å². The van der Waals surface area contributed by atoms with Gasteiger partial charge in [-0.05, 0) is 35.9 Å². The van der Waals surface area contributed by atoms with Crippen molar-refractivity contribution in [1.82, 2.24) is 0 Å². The summed E-state index contributed by atoms with van der Waals surface area (Å²) in [5.41, 5.74) is 7.36. The highest BCUT2D eigenvalue weighted by Crippen LogP contribution is 2.27. The molecule has 0 atom stereocenters. The summed E-state index contributed by atoms with van der Waals surface area (Å²) in [6, 6.07) is 18.6. The highest BCUT2D eigenvalue weighted by Gasteiger charge is 2.22. The van der Waals surface area contributed by atoms with E-state index in [1.54, 1.807) is 54.6 Å². The van der Waals surface area contributed by atoms with Gasteiger partial charge in [0.1, 0.15) is 12.4 Å². The number of amidine groups is 1. The lowest BCUT2D eigenvalue weighted by atomic mass is 10.1. The number of nitrogens with one attached hydrogen (secondary N) is 2. The molecule has 0 radical (unpaired) electrons. The molecule has 178 valence electrons. The maximum Gasteiger partial charge on any atom is 0.245 e. The van der Waals surface area contributed by atoms with Crippen molar-refractivity contribution >= 4 is 43.2 Å². The average molecular weight is 502 g/mol. The number of nitrogens with zero attached hydrogens (tertiary/aromatic N) is 1. The molecule has 12 heteroatoms. The SMILES string of the molecule is CS(=O)(=O)N(CC(=O)Nc1ccc(-c2ccccc2S(N)(=O)=O)cc1)c1cccc(C(=N)N)c1. The van der Waals surface area contributed by atoms with Crippen molar-refractivity contribution in [2.45, 2.75) is 4.90 Å². The van der Waals surface area contributed by atoms with Crippen LogP contribution in [0.4, 0.5) is 11.4 Å². The van der Waals surface area contributed by atoms with Crippen molar-refractivity contribution in [3.63, 3.8) is 0 Å². The van der Waals surface area contributed by atoms with E-state index in [1.807, 2.05) is 0 Å². The number of hydrogen-bond acceptors (Lipinski definition) is 6. The van der Waals surface area contributed by atoms with E-state index in [4.69, 9.17) is 16.3 Å². The summed E-state index contributed by atoms with van der Waals surface area (Å²) in [5, 5.41) is 15.4. The topological polar surface area (TPSA) is 177 Å². The van der Waals surface area contributed by atoms with Crippen LogP contribution in [-0.2, 0) is 24.8 Å². The van der Waals surface area contributed by atoms with Gasteiger partial charge < -0.3 is 11.1 Å². The van der Waals surface area contributed by atoms with E-state index in [9.17, 15) is 21.6 Å². The Morgan fingerprint density at radius 2 is 1.62 bits per heavy atom. The number of hydrogen-bond donors (Lipinski definition) is 4. The maximum atomic E-state index is 12.6. The molecular formula is C22H23N5O5S2. The first-order chi connectivity index (χ1) is 15.9. The Morgan fingerprint density at radius 3 is 2.21 bits per heavy atom. The van der Waals surface area contributed by atoms with Gasteiger partial charge in [-0.2, -0.15) is 0 Å². The number of sulfonamides is 2. The van der Waals surface area contributed by atoms with Gasteiger partial charge in [0.05, 0.1) is 16.8 Å². The van der Waals surface area contributed by atoms with Crippen LogP contribution in [0.5, 0.6) is 0 Å². The van der Waals surface area contributed by atoms with E-state index in [0.717, 1.165) is 10.6 Å². The standard InChI is InChI=1S/C22H23N5O5S2/c1-33(29,30)27(18-6-4-5-16(13-18)22(23)24)14-21(28)26-17-11-9-15(10-12-17)19-7-2-3-8-20(19)34(25,31)32/h2-13H,14H2,1H3,(H3,23,24)(H,26,28)(H2,25,31,32). The molecule has 34 heavy (non-hydrogen) atoms. The van der Waals surface area contributed by atoms with Crippen LogP contribution in [0.3, 0.4) is 0 Å². The monoisotopic (exact) mass is 501 g/mol. The van der Waals surface area contributed by atoms with E-state index < -0.39 is 32.5 Å². The number of carbonyl (C=O) groups excluding carboxylic acids is 1. The summed E-state index contributed by atoms with van der Waals surface area (Å²) >= 11 is 0. The molecule has 0 spiro atoms. The summed E-state index contributed by atoms with van der Waals surface area (Å²) in [7, 11) is -7.74. The summed E-state index contributed by atoms with van der Waals surface area (Å²) < 4.78 is 49.2. The Morgan fingerprint density at radius 1 is 0.971 bits per heavy atom. The number of anilines is 2. The third-order valence-corrected chi connectivity index (χ3v) is 6.92. The lowest BCUT2D eigenvalue weighted by Crippen LogP contribution is -2.37. The largest absolute Gasteiger partial charge is 0.384 e. The van der Waals surface area contributed by atoms with Gasteiger partial charge in [0.15, 0.2) is 0 Å². The van der Waals surface area contributed by atoms with Crippen LogP contribution < -0.4 is 20.5 Å². The fourth-order valence-corrected chi connectivity index (χ4v) is 4.85. The molecule has 0 saturated heterocycles. The van der Waals surface area contributed by atoms with Crippen LogP contribution in [0.2, 0.25) is 0 Å². The van der Waals surface area contributed by atoms with Crippen LogP contribution >= 0.6 is 0 Å².